The van der Waals surface area contributed by atoms with Gasteiger partial charge in [-0.3, -0.25) is 0 Å². The van der Waals surface area contributed by atoms with E-state index in [1.54, 1.807) is 6.07 Å². The molecule has 0 aromatic heterocycles. The summed E-state index contributed by atoms with van der Waals surface area (Å²) < 4.78 is 19.0. The number of aryl methyl sites for hydroxylation is 2. The Morgan fingerprint density at radius 3 is 2.62 bits per heavy atom. The smallest absolute Gasteiger partial charge is 0.141 e. The van der Waals surface area contributed by atoms with Crippen molar-refractivity contribution in [2.24, 2.45) is 0 Å². The van der Waals surface area contributed by atoms with Crippen molar-refractivity contribution in [1.82, 2.24) is 0 Å². The molecule has 0 heterocycles. The lowest BCUT2D eigenvalue weighted by Crippen LogP contribution is -2.06. The van der Waals surface area contributed by atoms with Crippen LogP contribution >= 0.6 is 15.9 Å². The maximum Gasteiger partial charge on any atom is 0.141 e. The molecular formula is C17H18BrFO2. The molecule has 2 aromatic carbocycles. The molecular weight excluding hydrogens is 335 g/mol. The number of aliphatic hydroxyl groups is 1. The highest BCUT2D eigenvalue weighted by Crippen LogP contribution is 2.33. The summed E-state index contributed by atoms with van der Waals surface area (Å²) in [6, 6.07) is 8.99. The number of aliphatic hydroxyl groups excluding tert-OH is 1. The first-order chi connectivity index (χ1) is 9.92. The zero-order valence-electron chi connectivity index (χ0n) is 12.3. The molecule has 2 nitrogen and oxygen atoms in total. The second-order valence-corrected chi connectivity index (χ2v) is 6.01. The van der Waals surface area contributed by atoms with Crippen LogP contribution in [0.2, 0.25) is 0 Å². The number of hydrogen-bond donors (Lipinski definition) is 1. The van der Waals surface area contributed by atoms with Gasteiger partial charge in [0.1, 0.15) is 11.6 Å². The predicted octanol–water partition coefficient (Wildman–Crippen LogP) is 4.49. The summed E-state index contributed by atoms with van der Waals surface area (Å²) in [6.07, 6.45) is -0.292. The quantitative estimate of drug-likeness (QED) is 0.878. The van der Waals surface area contributed by atoms with Gasteiger partial charge in [0.25, 0.3) is 0 Å². The van der Waals surface area contributed by atoms with Crippen LogP contribution in [0.3, 0.4) is 0 Å². The highest BCUT2D eigenvalue weighted by Gasteiger charge is 2.17. The van der Waals surface area contributed by atoms with Crippen molar-refractivity contribution in [3.05, 3.63) is 62.9 Å². The monoisotopic (exact) mass is 352 g/mol. The molecule has 4 heteroatoms. The highest BCUT2D eigenvalue weighted by molar-refractivity contribution is 9.10. The minimum absolute atomic E-state index is 0.318. The van der Waals surface area contributed by atoms with Crippen molar-refractivity contribution < 1.29 is 14.2 Å². The van der Waals surface area contributed by atoms with Gasteiger partial charge in [0.15, 0.2) is 0 Å². The Morgan fingerprint density at radius 1 is 1.24 bits per heavy atom. The Bertz CT molecular complexity index is 655. The Hall–Kier alpha value is -1.39. The van der Waals surface area contributed by atoms with Crippen LogP contribution in [0.25, 0.3) is 0 Å². The van der Waals surface area contributed by atoms with E-state index in [2.05, 4.69) is 22.0 Å². The second-order valence-electron chi connectivity index (χ2n) is 5.16. The van der Waals surface area contributed by atoms with Crippen LogP contribution in [0.15, 0.2) is 34.8 Å². The standard InChI is InChI=1S/C17H18BrFO2/c1-10-4-5-11(2)12(6-10)7-16(20)13-8-14(18)15(19)9-17(13)21-3/h4-6,8-9,16,20H,7H2,1-3H3. The maximum absolute atomic E-state index is 13.5. The normalized spacial score (nSPS) is 12.3. The van der Waals surface area contributed by atoms with Crippen LogP contribution in [0.4, 0.5) is 4.39 Å². The molecule has 112 valence electrons. The molecule has 2 rings (SSSR count). The SMILES string of the molecule is COc1cc(F)c(Br)cc1C(O)Cc1cc(C)ccc1C. The molecule has 1 unspecified atom stereocenters. The first kappa shape index (κ1) is 16.0. The van der Waals surface area contributed by atoms with E-state index in [0.717, 1.165) is 16.7 Å². The van der Waals surface area contributed by atoms with Crippen molar-refractivity contribution in [3.63, 3.8) is 0 Å². The zero-order valence-corrected chi connectivity index (χ0v) is 13.9. The lowest BCUT2D eigenvalue weighted by Gasteiger charge is -2.17. The number of rotatable bonds is 4. The second kappa shape index (κ2) is 6.58. The number of halogens is 2. The topological polar surface area (TPSA) is 29.5 Å². The van der Waals surface area contributed by atoms with E-state index in [1.807, 2.05) is 26.0 Å². The molecule has 0 aliphatic heterocycles. The lowest BCUT2D eigenvalue weighted by atomic mass is 9.96. The van der Waals surface area contributed by atoms with Gasteiger partial charge in [-0.2, -0.15) is 0 Å². The molecule has 0 aliphatic carbocycles. The van der Waals surface area contributed by atoms with Gasteiger partial charge in [-0.15, -0.1) is 0 Å². The number of ether oxygens (including phenoxy) is 1. The van der Waals surface area contributed by atoms with Crippen LogP contribution in [0.5, 0.6) is 5.75 Å². The molecule has 0 saturated carbocycles. The highest BCUT2D eigenvalue weighted by atomic mass is 79.9. The molecule has 1 N–H and O–H groups in total. The first-order valence-corrected chi connectivity index (χ1v) is 7.48. The minimum Gasteiger partial charge on any atom is -0.496 e. The van der Waals surface area contributed by atoms with Crippen LogP contribution in [0.1, 0.15) is 28.4 Å². The van der Waals surface area contributed by atoms with Gasteiger partial charge in [0, 0.05) is 18.1 Å². The molecule has 0 saturated heterocycles. The average molecular weight is 353 g/mol. The maximum atomic E-state index is 13.5. The zero-order chi connectivity index (χ0) is 15.6. The fraction of sp³-hybridized carbons (Fsp3) is 0.294. The summed E-state index contributed by atoms with van der Waals surface area (Å²) in [7, 11) is 1.47. The van der Waals surface area contributed by atoms with E-state index >= 15 is 0 Å². The van der Waals surface area contributed by atoms with Crippen molar-refractivity contribution in [3.8, 4) is 5.75 Å². The minimum atomic E-state index is -0.752. The van der Waals surface area contributed by atoms with Crippen LogP contribution < -0.4 is 4.74 Å². The summed E-state index contributed by atoms with van der Waals surface area (Å²) >= 11 is 3.15. The van der Waals surface area contributed by atoms with Crippen LogP contribution in [-0.2, 0) is 6.42 Å². The van der Waals surface area contributed by atoms with Crippen LogP contribution in [0, 0.1) is 19.7 Å². The van der Waals surface area contributed by atoms with Gasteiger partial charge in [-0.05, 0) is 47.0 Å². The summed E-state index contributed by atoms with van der Waals surface area (Å²) in [5, 5.41) is 10.5. The van der Waals surface area contributed by atoms with Crippen molar-refractivity contribution in [2.75, 3.05) is 7.11 Å². The molecule has 0 fully saturated rings. The Labute approximate surface area is 132 Å². The molecule has 0 aliphatic rings. The van der Waals surface area contributed by atoms with E-state index in [0.29, 0.717) is 22.2 Å². The number of benzene rings is 2. The van der Waals surface area contributed by atoms with Gasteiger partial charge in [-0.25, -0.2) is 4.39 Å². The predicted molar refractivity (Wildman–Crippen MR) is 85.2 cm³/mol. The van der Waals surface area contributed by atoms with Gasteiger partial charge in [0.2, 0.25) is 0 Å². The van der Waals surface area contributed by atoms with E-state index < -0.39 is 11.9 Å². The molecule has 2 aromatic rings. The Morgan fingerprint density at radius 2 is 1.95 bits per heavy atom. The largest absolute Gasteiger partial charge is 0.496 e. The molecule has 1 atom stereocenters. The third-order valence-corrected chi connectivity index (χ3v) is 4.16. The number of hydrogen-bond acceptors (Lipinski definition) is 2. The molecule has 0 radical (unpaired) electrons. The van der Waals surface area contributed by atoms with Crippen LogP contribution in [-0.4, -0.2) is 12.2 Å². The molecule has 0 amide bonds. The summed E-state index contributed by atoms with van der Waals surface area (Å²) in [5.74, 6) is -0.0527. The summed E-state index contributed by atoms with van der Waals surface area (Å²) in [4.78, 5) is 0. The van der Waals surface area contributed by atoms with E-state index in [9.17, 15) is 9.50 Å². The van der Waals surface area contributed by atoms with E-state index in [4.69, 9.17) is 4.74 Å². The lowest BCUT2D eigenvalue weighted by molar-refractivity contribution is 0.173. The first-order valence-electron chi connectivity index (χ1n) is 6.69. The molecule has 21 heavy (non-hydrogen) atoms. The van der Waals surface area contributed by atoms with Crippen molar-refractivity contribution in [2.45, 2.75) is 26.4 Å². The van der Waals surface area contributed by atoms with E-state index in [-0.39, 0.29) is 0 Å². The Balaban J connectivity index is 2.34. The van der Waals surface area contributed by atoms with Gasteiger partial charge >= 0.3 is 0 Å². The fourth-order valence-corrected chi connectivity index (χ4v) is 2.68. The van der Waals surface area contributed by atoms with E-state index in [1.165, 1.54) is 13.2 Å². The number of methoxy groups -OCH3 is 1. The van der Waals surface area contributed by atoms with Gasteiger partial charge < -0.3 is 9.84 Å². The van der Waals surface area contributed by atoms with Gasteiger partial charge in [-0.1, -0.05) is 23.8 Å². The summed E-state index contributed by atoms with van der Waals surface area (Å²) in [5.41, 5.74) is 3.92. The molecule has 0 bridgehead atoms. The fourth-order valence-electron chi connectivity index (χ4n) is 2.32. The van der Waals surface area contributed by atoms with Crippen molar-refractivity contribution >= 4 is 15.9 Å². The summed E-state index contributed by atoms with van der Waals surface area (Å²) in [6.45, 7) is 4.03. The van der Waals surface area contributed by atoms with Crippen molar-refractivity contribution in [1.29, 1.82) is 0 Å². The average Bonchev–Trinajstić information content (AvgIpc) is 2.45. The Kier molecular flexibility index (Phi) is 5.01. The van der Waals surface area contributed by atoms with Gasteiger partial charge in [0.05, 0.1) is 17.7 Å². The third-order valence-electron chi connectivity index (χ3n) is 3.55. The molecule has 0 spiro atoms. The third kappa shape index (κ3) is 3.63.